The van der Waals surface area contributed by atoms with Crippen molar-refractivity contribution in [1.29, 1.82) is 0 Å². The van der Waals surface area contributed by atoms with Gasteiger partial charge in [-0.25, -0.2) is 8.42 Å². The van der Waals surface area contributed by atoms with Gasteiger partial charge in [0.15, 0.2) is 9.84 Å². The summed E-state index contributed by atoms with van der Waals surface area (Å²) in [6.45, 7) is 1.53. The smallest absolute Gasteiger partial charge is 0.308 e. The number of carboxylic acid groups (broad SMARTS) is 1. The minimum Gasteiger partial charge on any atom is -0.481 e. The number of sulfone groups is 1. The summed E-state index contributed by atoms with van der Waals surface area (Å²) in [5.41, 5.74) is 0.717. The lowest BCUT2D eigenvalue weighted by atomic mass is 10.1. The van der Waals surface area contributed by atoms with Crippen molar-refractivity contribution in [2.24, 2.45) is 5.92 Å². The van der Waals surface area contributed by atoms with Gasteiger partial charge in [0.2, 0.25) is 0 Å². The highest BCUT2D eigenvalue weighted by Gasteiger charge is 2.62. The third kappa shape index (κ3) is 2.24. The van der Waals surface area contributed by atoms with E-state index in [0.717, 1.165) is 0 Å². The van der Waals surface area contributed by atoms with Gasteiger partial charge in [-0.15, -0.1) is 0 Å². The van der Waals surface area contributed by atoms with Crippen molar-refractivity contribution in [3.63, 3.8) is 0 Å². The number of aliphatic carboxylic acids is 1. The molecule has 98 valence electrons. The Bertz CT molecular complexity index is 564. The van der Waals surface area contributed by atoms with Crippen LogP contribution in [0.5, 0.6) is 0 Å². The van der Waals surface area contributed by atoms with Crippen LogP contribution in [0.4, 0.5) is 0 Å². The molecule has 6 heteroatoms. The van der Waals surface area contributed by atoms with E-state index in [-0.39, 0.29) is 5.75 Å². The molecule has 1 aliphatic rings. The van der Waals surface area contributed by atoms with Crippen molar-refractivity contribution in [3.05, 3.63) is 34.9 Å². The molecular formula is C12H13ClO4S. The van der Waals surface area contributed by atoms with Crippen molar-refractivity contribution in [2.45, 2.75) is 18.1 Å². The van der Waals surface area contributed by atoms with Crippen LogP contribution in [-0.4, -0.2) is 30.5 Å². The molecule has 0 spiro atoms. The zero-order valence-corrected chi connectivity index (χ0v) is 11.3. The van der Waals surface area contributed by atoms with Crippen LogP contribution in [0.1, 0.15) is 18.4 Å². The van der Waals surface area contributed by atoms with E-state index < -0.39 is 32.9 Å². The molecule has 1 N–H and O–H groups in total. The Morgan fingerprint density at radius 2 is 1.89 bits per heavy atom. The van der Waals surface area contributed by atoms with Crippen LogP contribution in [0.3, 0.4) is 0 Å². The molecule has 1 aromatic carbocycles. The number of benzene rings is 1. The molecule has 1 fully saturated rings. The van der Waals surface area contributed by atoms with E-state index in [2.05, 4.69) is 0 Å². The third-order valence-electron chi connectivity index (χ3n) is 3.31. The van der Waals surface area contributed by atoms with Crippen LogP contribution >= 0.6 is 11.6 Å². The van der Waals surface area contributed by atoms with Crippen LogP contribution in [-0.2, 0) is 14.6 Å². The average Bonchev–Trinajstić information content (AvgIpc) is 3.06. The lowest BCUT2D eigenvalue weighted by Crippen LogP contribution is -2.14. The van der Waals surface area contributed by atoms with Gasteiger partial charge in [-0.05, 0) is 17.7 Å². The molecule has 3 atom stereocenters. The van der Waals surface area contributed by atoms with Crippen LogP contribution in [0, 0.1) is 5.92 Å². The number of hydrogen-bond donors (Lipinski definition) is 1. The Hall–Kier alpha value is -1.07. The standard InChI is InChI=1S/C12H13ClO4S/c1-2-18(16,17)11-9(10(11)12(14)15)7-3-5-8(13)6-4-7/h3-6,9-11H,2H2,1H3,(H,14,15)/t9-,10-,11-/m0/s1. The molecule has 0 aliphatic heterocycles. The molecule has 0 amide bonds. The molecule has 0 aromatic heterocycles. The van der Waals surface area contributed by atoms with Gasteiger partial charge < -0.3 is 5.11 Å². The predicted octanol–water partition coefficient (Wildman–Crippen LogP) is 1.94. The zero-order valence-electron chi connectivity index (χ0n) is 9.71. The van der Waals surface area contributed by atoms with Gasteiger partial charge in [-0.1, -0.05) is 30.7 Å². The fourth-order valence-corrected chi connectivity index (χ4v) is 4.22. The quantitative estimate of drug-likeness (QED) is 0.919. The monoisotopic (exact) mass is 288 g/mol. The molecular weight excluding hydrogens is 276 g/mol. The van der Waals surface area contributed by atoms with Gasteiger partial charge in [0.25, 0.3) is 0 Å². The molecule has 4 nitrogen and oxygen atoms in total. The summed E-state index contributed by atoms with van der Waals surface area (Å²) in [5.74, 6) is -2.39. The second-order valence-electron chi connectivity index (χ2n) is 4.36. The Balaban J connectivity index is 2.33. The topological polar surface area (TPSA) is 71.4 Å². The average molecular weight is 289 g/mol. The van der Waals surface area contributed by atoms with E-state index >= 15 is 0 Å². The van der Waals surface area contributed by atoms with Crippen LogP contribution < -0.4 is 0 Å². The van der Waals surface area contributed by atoms with E-state index in [0.29, 0.717) is 10.6 Å². The summed E-state index contributed by atoms with van der Waals surface area (Å²) in [6, 6.07) is 6.66. The number of hydrogen-bond acceptors (Lipinski definition) is 3. The first-order valence-electron chi connectivity index (χ1n) is 5.58. The van der Waals surface area contributed by atoms with Gasteiger partial charge >= 0.3 is 5.97 Å². The van der Waals surface area contributed by atoms with Crippen molar-refractivity contribution >= 4 is 27.4 Å². The van der Waals surface area contributed by atoms with Crippen molar-refractivity contribution in [1.82, 2.24) is 0 Å². The highest BCUT2D eigenvalue weighted by Crippen LogP contribution is 2.52. The Kier molecular flexibility index (Phi) is 3.38. The van der Waals surface area contributed by atoms with Gasteiger partial charge in [-0.2, -0.15) is 0 Å². The minimum absolute atomic E-state index is 0.0362. The van der Waals surface area contributed by atoms with Gasteiger partial charge in [-0.3, -0.25) is 4.79 Å². The number of rotatable bonds is 4. The Morgan fingerprint density at radius 1 is 1.33 bits per heavy atom. The summed E-state index contributed by atoms with van der Waals surface area (Å²) < 4.78 is 23.7. The second-order valence-corrected chi connectivity index (χ2v) is 7.24. The van der Waals surface area contributed by atoms with E-state index in [1.165, 1.54) is 6.92 Å². The van der Waals surface area contributed by atoms with Crippen LogP contribution in [0.15, 0.2) is 24.3 Å². The van der Waals surface area contributed by atoms with Gasteiger partial charge in [0.1, 0.15) is 0 Å². The molecule has 0 bridgehead atoms. The second kappa shape index (κ2) is 4.55. The summed E-state index contributed by atoms with van der Waals surface area (Å²) in [7, 11) is -3.34. The molecule has 0 heterocycles. The van der Waals surface area contributed by atoms with Crippen molar-refractivity contribution < 1.29 is 18.3 Å². The minimum atomic E-state index is -3.34. The lowest BCUT2D eigenvalue weighted by molar-refractivity contribution is -0.138. The van der Waals surface area contributed by atoms with Gasteiger partial charge in [0.05, 0.1) is 11.2 Å². The third-order valence-corrected chi connectivity index (χ3v) is 5.78. The van der Waals surface area contributed by atoms with E-state index in [9.17, 15) is 13.2 Å². The predicted molar refractivity (Wildman–Crippen MR) is 68.6 cm³/mol. The SMILES string of the molecule is CCS(=O)(=O)[C@@H]1[C@@H](C(=O)O)[C@@H]1c1ccc(Cl)cc1. The largest absolute Gasteiger partial charge is 0.481 e. The maximum Gasteiger partial charge on any atom is 0.308 e. The molecule has 1 aliphatic carbocycles. The first-order valence-corrected chi connectivity index (χ1v) is 7.67. The Morgan fingerprint density at radius 3 is 2.33 bits per heavy atom. The molecule has 2 rings (SSSR count). The number of carbonyl (C=O) groups is 1. The first-order chi connectivity index (χ1) is 8.38. The fraction of sp³-hybridized carbons (Fsp3) is 0.417. The normalized spacial score (nSPS) is 26.9. The maximum atomic E-state index is 11.8. The highest BCUT2D eigenvalue weighted by atomic mass is 35.5. The highest BCUT2D eigenvalue weighted by molar-refractivity contribution is 7.92. The molecule has 0 unspecified atom stereocenters. The number of carboxylic acids is 1. The summed E-state index contributed by atoms with van der Waals surface area (Å²) in [6.07, 6.45) is 0. The molecule has 0 saturated heterocycles. The Labute approximate surface area is 110 Å². The van der Waals surface area contributed by atoms with Crippen molar-refractivity contribution in [3.8, 4) is 0 Å². The summed E-state index contributed by atoms with van der Waals surface area (Å²) >= 11 is 5.75. The van der Waals surface area contributed by atoms with Crippen LogP contribution in [0.25, 0.3) is 0 Å². The summed E-state index contributed by atoms with van der Waals surface area (Å²) in [5, 5.41) is 8.82. The summed E-state index contributed by atoms with van der Waals surface area (Å²) in [4.78, 5) is 11.1. The fourth-order valence-electron chi connectivity index (χ4n) is 2.30. The van der Waals surface area contributed by atoms with Gasteiger partial charge in [0, 0.05) is 16.7 Å². The first kappa shape index (κ1) is 13.4. The lowest BCUT2D eigenvalue weighted by Gasteiger charge is -2.00. The van der Waals surface area contributed by atoms with E-state index in [4.69, 9.17) is 16.7 Å². The van der Waals surface area contributed by atoms with E-state index in [1.54, 1.807) is 24.3 Å². The van der Waals surface area contributed by atoms with Crippen molar-refractivity contribution in [2.75, 3.05) is 5.75 Å². The maximum absolute atomic E-state index is 11.8. The van der Waals surface area contributed by atoms with Crippen LogP contribution in [0.2, 0.25) is 5.02 Å². The molecule has 18 heavy (non-hydrogen) atoms. The zero-order chi connectivity index (χ0) is 13.5. The molecule has 1 aromatic rings. The molecule has 0 radical (unpaired) electrons. The molecule has 1 saturated carbocycles. The number of halogens is 1. The van der Waals surface area contributed by atoms with E-state index in [1.807, 2.05) is 0 Å².